The van der Waals surface area contributed by atoms with E-state index in [0.29, 0.717) is 6.42 Å². The largest absolute Gasteiger partial charge is 0.480 e. The molecule has 1 fully saturated rings. The van der Waals surface area contributed by atoms with Gasteiger partial charge in [-0.15, -0.1) is 11.8 Å². The molecule has 1 saturated heterocycles. The highest BCUT2D eigenvalue weighted by Crippen LogP contribution is 2.43. The Kier molecular flexibility index (Phi) is 3.31. The Bertz CT molecular complexity index is 438. The van der Waals surface area contributed by atoms with Crippen molar-refractivity contribution in [1.29, 1.82) is 0 Å². The van der Waals surface area contributed by atoms with E-state index in [0.717, 1.165) is 11.8 Å². The van der Waals surface area contributed by atoms with Crippen LogP contribution in [0.3, 0.4) is 0 Å². The van der Waals surface area contributed by atoms with Crippen LogP contribution in [0.1, 0.15) is 6.42 Å². The molecule has 0 aliphatic carbocycles. The second-order valence-electron chi connectivity index (χ2n) is 3.95. The first-order valence-corrected chi connectivity index (χ1v) is 6.14. The maximum absolute atomic E-state index is 11.3. The number of rotatable bonds is 4. The number of carbonyl (C=O) groups excluding carboxylic acids is 2. The van der Waals surface area contributed by atoms with E-state index < -0.39 is 16.7 Å². The lowest BCUT2D eigenvalue weighted by Gasteiger charge is -2.44. The van der Waals surface area contributed by atoms with Crippen LogP contribution in [0.4, 0.5) is 0 Å². The highest BCUT2D eigenvalue weighted by molar-refractivity contribution is 8.02. The van der Waals surface area contributed by atoms with E-state index in [2.05, 4.69) is 0 Å². The molecule has 2 aliphatic rings. The van der Waals surface area contributed by atoms with Gasteiger partial charge in [-0.3, -0.25) is 14.4 Å². The number of hydrogen-bond donors (Lipinski definition) is 2. The number of nitrogens with two attached hydrogens (primary N) is 1. The average Bonchev–Trinajstić information content (AvgIpc) is 2.34. The number of β-lactam (4-membered cyclic amide) rings is 1. The van der Waals surface area contributed by atoms with Gasteiger partial charge in [-0.1, -0.05) is 0 Å². The SMILES string of the molecule is NCC(=O)OCC1(C(=O)O)C=CN2C(=O)C[C@H]2S1. The molecule has 0 aromatic rings. The number of nitrogens with zero attached hydrogens (tertiary/aromatic N) is 1. The van der Waals surface area contributed by atoms with Crippen molar-refractivity contribution in [2.24, 2.45) is 5.73 Å². The fourth-order valence-corrected chi connectivity index (χ4v) is 3.05. The van der Waals surface area contributed by atoms with Crippen molar-refractivity contribution in [1.82, 2.24) is 4.90 Å². The van der Waals surface area contributed by atoms with Crippen molar-refractivity contribution >= 4 is 29.6 Å². The number of thioether (sulfide) groups is 1. The second-order valence-corrected chi connectivity index (χ2v) is 5.46. The van der Waals surface area contributed by atoms with Gasteiger partial charge in [0.25, 0.3) is 0 Å². The lowest BCUT2D eigenvalue weighted by atomic mass is 10.1. The van der Waals surface area contributed by atoms with Crippen LogP contribution >= 0.6 is 11.8 Å². The van der Waals surface area contributed by atoms with E-state index in [1.54, 1.807) is 0 Å². The molecule has 0 radical (unpaired) electrons. The first-order chi connectivity index (χ1) is 8.48. The van der Waals surface area contributed by atoms with Crippen molar-refractivity contribution in [2.75, 3.05) is 13.2 Å². The number of fused-ring (bicyclic) bond motifs is 1. The minimum absolute atomic E-state index is 0.0401. The van der Waals surface area contributed by atoms with Crippen molar-refractivity contribution in [3.8, 4) is 0 Å². The standard InChI is InChI=1S/C10H12N2O5S/c11-4-8(14)17-5-10(9(15)16)1-2-12-6(13)3-7(12)18-10/h1-2,7H,3-5,11H2,(H,15,16)/t7-,10?/m1/s1. The van der Waals surface area contributed by atoms with E-state index in [4.69, 9.17) is 10.5 Å². The first-order valence-electron chi connectivity index (χ1n) is 5.26. The molecule has 0 aromatic carbocycles. The molecule has 0 bridgehead atoms. The molecule has 1 amide bonds. The van der Waals surface area contributed by atoms with Crippen molar-refractivity contribution < 1.29 is 24.2 Å². The monoisotopic (exact) mass is 272 g/mol. The minimum Gasteiger partial charge on any atom is -0.480 e. The Morgan fingerprint density at radius 1 is 1.67 bits per heavy atom. The minimum atomic E-state index is -1.34. The Morgan fingerprint density at radius 2 is 2.39 bits per heavy atom. The molecule has 1 unspecified atom stereocenters. The molecular weight excluding hydrogens is 260 g/mol. The second kappa shape index (κ2) is 4.62. The zero-order chi connectivity index (χ0) is 13.3. The van der Waals surface area contributed by atoms with Gasteiger partial charge in [-0.05, 0) is 6.08 Å². The Morgan fingerprint density at radius 3 is 2.89 bits per heavy atom. The zero-order valence-electron chi connectivity index (χ0n) is 9.37. The maximum atomic E-state index is 11.3. The summed E-state index contributed by atoms with van der Waals surface area (Å²) in [6, 6.07) is 0. The third kappa shape index (κ3) is 2.08. The molecule has 0 saturated carbocycles. The van der Waals surface area contributed by atoms with Crippen molar-refractivity contribution in [3.63, 3.8) is 0 Å². The van der Waals surface area contributed by atoms with Crippen LogP contribution < -0.4 is 5.73 Å². The van der Waals surface area contributed by atoms with Gasteiger partial charge in [0.15, 0.2) is 4.75 Å². The van der Waals surface area contributed by atoms with Gasteiger partial charge in [0.05, 0.1) is 18.3 Å². The molecule has 7 nitrogen and oxygen atoms in total. The maximum Gasteiger partial charge on any atom is 0.327 e. The fraction of sp³-hybridized carbons (Fsp3) is 0.500. The smallest absolute Gasteiger partial charge is 0.327 e. The van der Waals surface area contributed by atoms with Crippen LogP contribution in [0, 0.1) is 0 Å². The van der Waals surface area contributed by atoms with Gasteiger partial charge in [0.1, 0.15) is 6.61 Å². The van der Waals surface area contributed by atoms with Gasteiger partial charge in [0, 0.05) is 6.20 Å². The third-order valence-electron chi connectivity index (χ3n) is 2.77. The summed E-state index contributed by atoms with van der Waals surface area (Å²) in [7, 11) is 0. The third-order valence-corrected chi connectivity index (χ3v) is 4.29. The van der Waals surface area contributed by atoms with Crippen LogP contribution in [0.2, 0.25) is 0 Å². The quantitative estimate of drug-likeness (QED) is 0.505. The summed E-state index contributed by atoms with van der Waals surface area (Å²) in [6.45, 7) is -0.587. The Hall–Kier alpha value is -1.54. The molecule has 2 heterocycles. The molecule has 0 spiro atoms. The topological polar surface area (TPSA) is 110 Å². The molecule has 2 aliphatic heterocycles. The number of carboxylic acids is 1. The number of carbonyl (C=O) groups is 3. The Labute approximate surface area is 107 Å². The highest BCUT2D eigenvalue weighted by atomic mass is 32.2. The number of aliphatic carboxylic acids is 1. The van der Waals surface area contributed by atoms with E-state index in [-0.39, 0.29) is 24.4 Å². The van der Waals surface area contributed by atoms with Gasteiger partial charge in [-0.25, -0.2) is 0 Å². The molecule has 98 valence electrons. The molecule has 3 N–H and O–H groups in total. The van der Waals surface area contributed by atoms with Crippen LogP contribution in [-0.2, 0) is 19.1 Å². The van der Waals surface area contributed by atoms with Gasteiger partial charge in [-0.2, -0.15) is 0 Å². The fourth-order valence-electron chi connectivity index (χ4n) is 1.67. The van der Waals surface area contributed by atoms with Crippen LogP contribution in [-0.4, -0.2) is 51.1 Å². The van der Waals surface area contributed by atoms with Crippen molar-refractivity contribution in [2.45, 2.75) is 16.5 Å². The average molecular weight is 272 g/mol. The van der Waals surface area contributed by atoms with E-state index in [9.17, 15) is 19.5 Å². The number of amides is 1. The summed E-state index contributed by atoms with van der Waals surface area (Å²) < 4.78 is 3.47. The lowest BCUT2D eigenvalue weighted by Crippen LogP contribution is -2.55. The van der Waals surface area contributed by atoms with E-state index in [1.807, 2.05) is 0 Å². The summed E-state index contributed by atoms with van der Waals surface area (Å²) in [4.78, 5) is 35.0. The highest BCUT2D eigenvalue weighted by Gasteiger charge is 2.50. The normalized spacial score (nSPS) is 29.5. The summed E-state index contributed by atoms with van der Waals surface area (Å²) in [5.41, 5.74) is 5.09. The van der Waals surface area contributed by atoms with E-state index >= 15 is 0 Å². The number of carboxylic acid groups (broad SMARTS) is 1. The number of ether oxygens (including phenoxy) is 1. The Balaban J connectivity index is 2.11. The molecular formula is C10H12N2O5S. The predicted molar refractivity (Wildman–Crippen MR) is 62.4 cm³/mol. The molecule has 2 rings (SSSR count). The van der Waals surface area contributed by atoms with Crippen LogP contribution in [0.25, 0.3) is 0 Å². The number of hydrogen-bond acceptors (Lipinski definition) is 6. The van der Waals surface area contributed by atoms with Gasteiger partial charge in [0.2, 0.25) is 5.91 Å². The summed E-state index contributed by atoms with van der Waals surface area (Å²) in [5, 5.41) is 9.07. The summed E-state index contributed by atoms with van der Waals surface area (Å²) in [5.74, 6) is -1.80. The summed E-state index contributed by atoms with van der Waals surface area (Å²) >= 11 is 1.09. The zero-order valence-corrected chi connectivity index (χ0v) is 10.2. The lowest BCUT2D eigenvalue weighted by molar-refractivity contribution is -0.147. The predicted octanol–water partition coefficient (Wildman–Crippen LogP) is -0.869. The molecule has 0 aromatic heterocycles. The molecule has 18 heavy (non-hydrogen) atoms. The van der Waals surface area contributed by atoms with Crippen molar-refractivity contribution in [3.05, 3.63) is 12.3 Å². The van der Waals surface area contributed by atoms with Gasteiger partial charge < -0.3 is 20.5 Å². The van der Waals surface area contributed by atoms with Crippen LogP contribution in [0.5, 0.6) is 0 Å². The van der Waals surface area contributed by atoms with Gasteiger partial charge >= 0.3 is 11.9 Å². The molecule has 8 heteroatoms. The molecule has 2 atom stereocenters. The van der Waals surface area contributed by atoms with E-state index in [1.165, 1.54) is 17.2 Å². The van der Waals surface area contributed by atoms with Crippen LogP contribution in [0.15, 0.2) is 12.3 Å². The number of esters is 1. The summed E-state index contributed by atoms with van der Waals surface area (Å²) in [6.07, 6.45) is 3.11. The first kappa shape index (κ1) is 12.9.